The second kappa shape index (κ2) is 11.5. The maximum atomic E-state index is 14.6. The standard InChI is InChI=1S/C37H41N3O10S/c1-15-8-18-9-20-35(44)40-21-12-48-36(45)37(19-11-23(46-4)22(41)10-17(19)6-7-38-37)13-51-34(26-25(21)33-32(49-14-50-33)16(2)29(26)42)28(40)27(39(20)3)24(18)30(43)31(15)47-5/h8,10-11,20-21,27-28,34-35,38,41-44H,6-7,9,12-14H2,1-5H3/t20-,21-,27+,28+,34+,35-,37+/m0/s1. The molecule has 3 aromatic rings. The van der Waals surface area contributed by atoms with Gasteiger partial charge in [-0.15, -0.1) is 11.8 Å². The van der Waals surface area contributed by atoms with Gasteiger partial charge in [-0.25, -0.2) is 4.79 Å². The number of benzene rings is 3. The molecule has 2 fully saturated rings. The van der Waals surface area contributed by atoms with Crippen molar-refractivity contribution in [1.29, 1.82) is 0 Å². The molecule has 3 aromatic carbocycles. The Kier molecular flexibility index (Phi) is 7.37. The molecule has 0 aromatic heterocycles. The number of aryl methyl sites for hydroxylation is 1. The third kappa shape index (κ3) is 4.28. The summed E-state index contributed by atoms with van der Waals surface area (Å²) in [6.45, 7) is 3.96. The Hall–Kier alpha value is -4.08. The number of methoxy groups -OCH3 is 2. The second-order valence-electron chi connectivity index (χ2n) is 14.4. The van der Waals surface area contributed by atoms with E-state index in [-0.39, 0.29) is 48.2 Å². The van der Waals surface area contributed by atoms with Gasteiger partial charge in [0.1, 0.15) is 18.6 Å². The van der Waals surface area contributed by atoms with Crippen LogP contribution in [0.4, 0.5) is 0 Å². The molecule has 7 heterocycles. The molecular weight excluding hydrogens is 678 g/mol. The Morgan fingerprint density at radius 2 is 1.76 bits per heavy atom. The van der Waals surface area contributed by atoms with Gasteiger partial charge in [0.05, 0.1) is 37.6 Å². The second-order valence-corrected chi connectivity index (χ2v) is 15.5. The summed E-state index contributed by atoms with van der Waals surface area (Å²) in [6.07, 6.45) is 0.0426. The lowest BCUT2D eigenvalue weighted by molar-refractivity contribution is -0.186. The van der Waals surface area contributed by atoms with Crippen molar-refractivity contribution in [2.75, 3.05) is 47.0 Å². The lowest BCUT2D eigenvalue weighted by atomic mass is 9.73. The molecule has 13 nitrogen and oxygen atoms in total. The van der Waals surface area contributed by atoms with Crippen LogP contribution in [0.25, 0.3) is 0 Å². The Morgan fingerprint density at radius 1 is 0.980 bits per heavy atom. The monoisotopic (exact) mass is 719 g/mol. The first-order valence-electron chi connectivity index (χ1n) is 17.2. The zero-order valence-electron chi connectivity index (χ0n) is 29.0. The fraction of sp³-hybridized carbons (Fsp3) is 0.486. The topological polar surface area (TPSA) is 163 Å². The largest absolute Gasteiger partial charge is 0.507 e. The summed E-state index contributed by atoms with van der Waals surface area (Å²) in [5.41, 5.74) is 4.38. The number of carbonyl (C=O) groups excluding carboxylic acids is 1. The summed E-state index contributed by atoms with van der Waals surface area (Å²) in [6, 6.07) is 3.30. The van der Waals surface area contributed by atoms with Gasteiger partial charge < -0.3 is 44.1 Å². The molecule has 0 unspecified atom stereocenters. The third-order valence-electron chi connectivity index (χ3n) is 12.0. The van der Waals surface area contributed by atoms with E-state index in [1.54, 1.807) is 26.2 Å². The van der Waals surface area contributed by atoms with E-state index in [1.807, 2.05) is 24.9 Å². The van der Waals surface area contributed by atoms with Gasteiger partial charge in [0.2, 0.25) is 6.79 Å². The summed E-state index contributed by atoms with van der Waals surface area (Å²) in [4.78, 5) is 18.7. The highest BCUT2D eigenvalue weighted by Crippen LogP contribution is 2.64. The van der Waals surface area contributed by atoms with Crippen LogP contribution in [0.3, 0.4) is 0 Å². The predicted molar refractivity (Wildman–Crippen MR) is 185 cm³/mol. The number of likely N-dealkylation sites (N-methyl/N-ethyl adjacent to an activating group) is 1. The third-order valence-corrected chi connectivity index (χ3v) is 13.5. The number of ether oxygens (including phenoxy) is 5. The number of fused-ring (bicyclic) bond motifs is 9. The number of hydrogen-bond donors (Lipinski definition) is 5. The van der Waals surface area contributed by atoms with E-state index in [1.165, 1.54) is 18.9 Å². The molecule has 1 spiro atoms. The fourth-order valence-corrected chi connectivity index (χ4v) is 11.4. The Balaban J connectivity index is 1.29. The van der Waals surface area contributed by atoms with E-state index in [2.05, 4.69) is 10.2 Å². The van der Waals surface area contributed by atoms with Gasteiger partial charge in [0.25, 0.3) is 0 Å². The number of phenols is 3. The van der Waals surface area contributed by atoms with Crippen molar-refractivity contribution in [2.45, 2.75) is 67.9 Å². The molecule has 14 heteroatoms. The number of nitrogens with one attached hydrogen (secondary N) is 1. The number of nitrogens with zero attached hydrogens (tertiary/aromatic N) is 2. The summed E-state index contributed by atoms with van der Waals surface area (Å²) < 4.78 is 29.5. The number of rotatable bonds is 2. The average Bonchev–Trinajstić information content (AvgIpc) is 3.60. The van der Waals surface area contributed by atoms with E-state index >= 15 is 0 Å². The summed E-state index contributed by atoms with van der Waals surface area (Å²) in [5, 5.41) is 50.1. The van der Waals surface area contributed by atoms with Gasteiger partial charge in [0.15, 0.2) is 40.0 Å². The molecule has 0 amide bonds. The van der Waals surface area contributed by atoms with Crippen LogP contribution in [0.15, 0.2) is 18.2 Å². The van der Waals surface area contributed by atoms with Gasteiger partial charge in [-0.1, -0.05) is 6.07 Å². The molecule has 10 rings (SSSR count). The average molecular weight is 720 g/mol. The van der Waals surface area contributed by atoms with Crippen molar-refractivity contribution in [1.82, 2.24) is 15.1 Å². The van der Waals surface area contributed by atoms with E-state index in [0.29, 0.717) is 64.5 Å². The summed E-state index contributed by atoms with van der Waals surface area (Å²) >= 11 is 1.47. The summed E-state index contributed by atoms with van der Waals surface area (Å²) in [5.74, 6) is 1.32. The molecule has 0 saturated carbocycles. The smallest absolute Gasteiger partial charge is 0.331 e. The van der Waals surface area contributed by atoms with Crippen molar-refractivity contribution >= 4 is 17.7 Å². The minimum atomic E-state index is -1.32. The molecule has 2 saturated heterocycles. The number of thioether (sulfide) groups is 1. The first kappa shape index (κ1) is 32.8. The molecule has 270 valence electrons. The van der Waals surface area contributed by atoms with Crippen molar-refractivity contribution in [3.05, 3.63) is 62.7 Å². The Bertz CT molecular complexity index is 2010. The highest BCUT2D eigenvalue weighted by atomic mass is 32.2. The van der Waals surface area contributed by atoms with Crippen molar-refractivity contribution < 1.29 is 48.9 Å². The molecule has 4 bridgehead atoms. The normalized spacial score (nSPS) is 30.6. The van der Waals surface area contributed by atoms with E-state index in [0.717, 1.165) is 16.7 Å². The van der Waals surface area contributed by atoms with Crippen molar-refractivity contribution in [3.8, 4) is 40.2 Å². The van der Waals surface area contributed by atoms with Crippen LogP contribution in [0.5, 0.6) is 40.2 Å². The van der Waals surface area contributed by atoms with Gasteiger partial charge in [-0.3, -0.25) is 15.1 Å². The quantitative estimate of drug-likeness (QED) is 0.246. The lowest BCUT2D eigenvalue weighted by Crippen LogP contribution is -2.70. The van der Waals surface area contributed by atoms with E-state index < -0.39 is 41.1 Å². The maximum absolute atomic E-state index is 14.6. The molecule has 7 atom stereocenters. The molecule has 7 aliphatic heterocycles. The predicted octanol–water partition coefficient (Wildman–Crippen LogP) is 3.19. The van der Waals surface area contributed by atoms with Crippen LogP contribution in [0.2, 0.25) is 0 Å². The van der Waals surface area contributed by atoms with Crippen LogP contribution in [0, 0.1) is 13.8 Å². The van der Waals surface area contributed by atoms with E-state index in [4.69, 9.17) is 23.7 Å². The van der Waals surface area contributed by atoms with Crippen molar-refractivity contribution in [2.24, 2.45) is 0 Å². The number of aliphatic hydroxyl groups excluding tert-OH is 1. The minimum absolute atomic E-state index is 0.00972. The first-order valence-corrected chi connectivity index (χ1v) is 18.2. The van der Waals surface area contributed by atoms with Crippen LogP contribution < -0.4 is 24.3 Å². The van der Waals surface area contributed by atoms with Crippen LogP contribution in [-0.4, -0.2) is 101 Å². The molecule has 7 aliphatic rings. The minimum Gasteiger partial charge on any atom is -0.507 e. The number of piperazine rings is 1. The number of phenolic OH excluding ortho intramolecular Hbond substituents is 3. The van der Waals surface area contributed by atoms with E-state index in [9.17, 15) is 25.2 Å². The molecule has 0 aliphatic carbocycles. The van der Waals surface area contributed by atoms with Gasteiger partial charge in [-0.05, 0) is 68.1 Å². The summed E-state index contributed by atoms with van der Waals surface area (Å²) in [7, 11) is 4.97. The van der Waals surface area contributed by atoms with Crippen LogP contribution >= 0.6 is 11.8 Å². The number of aliphatic hydroxyl groups is 1. The SMILES string of the molecule is COc1cc2c(cc1O)CCN[C@]21CS[C@@H]2c3c(O)c(C)c4c(c3[C@H](COC1=O)N1[C@@H]2[C@H]2c3c(cc(C)c(OC)c3O)C[C@@H]([C@@H]1O)N2C)OCO4. The number of esters is 1. The van der Waals surface area contributed by atoms with Crippen molar-refractivity contribution in [3.63, 3.8) is 0 Å². The molecule has 51 heavy (non-hydrogen) atoms. The molecular formula is C37H41N3O10S. The zero-order chi connectivity index (χ0) is 35.7. The van der Waals surface area contributed by atoms with Gasteiger partial charge >= 0.3 is 5.97 Å². The first-order chi connectivity index (χ1) is 24.5. The fourth-order valence-electron chi connectivity index (χ4n) is 9.74. The van der Waals surface area contributed by atoms with Crippen LogP contribution in [-0.2, 0) is 27.9 Å². The maximum Gasteiger partial charge on any atom is 0.331 e. The van der Waals surface area contributed by atoms with Gasteiger partial charge in [-0.2, -0.15) is 0 Å². The van der Waals surface area contributed by atoms with Crippen LogP contribution in [0.1, 0.15) is 61.8 Å². The number of aromatic hydroxyl groups is 3. The highest BCUT2D eigenvalue weighted by Gasteiger charge is 2.61. The number of hydrogen-bond acceptors (Lipinski definition) is 14. The zero-order valence-corrected chi connectivity index (χ0v) is 29.8. The molecule has 5 N–H and O–H groups in total. The Morgan fingerprint density at radius 3 is 2.53 bits per heavy atom. The lowest BCUT2D eigenvalue weighted by Gasteiger charge is -2.62. The van der Waals surface area contributed by atoms with Gasteiger partial charge in [0, 0.05) is 40.6 Å². The Labute approximate surface area is 299 Å². The molecule has 0 radical (unpaired) electrons. The number of carbonyl (C=O) groups is 1. The highest BCUT2D eigenvalue weighted by molar-refractivity contribution is 7.99.